The Balaban J connectivity index is 2.16. The molecule has 0 fully saturated rings. The Hall–Kier alpha value is -2.50. The Morgan fingerprint density at radius 2 is 2.25 bits per heavy atom. The van der Waals surface area contributed by atoms with Crippen molar-refractivity contribution in [2.75, 3.05) is 12.8 Å². The summed E-state index contributed by atoms with van der Waals surface area (Å²) in [5.74, 6) is 1.32. The van der Waals surface area contributed by atoms with Crippen LogP contribution in [0.3, 0.4) is 0 Å². The van der Waals surface area contributed by atoms with Gasteiger partial charge in [-0.05, 0) is 26.0 Å². The zero-order valence-corrected chi connectivity index (χ0v) is 11.6. The number of carbonyl (C=O) groups is 1. The van der Waals surface area contributed by atoms with Crippen LogP contribution in [0.25, 0.3) is 0 Å². The number of para-hydroxylation sites is 1. The van der Waals surface area contributed by atoms with Crippen molar-refractivity contribution < 1.29 is 13.9 Å². The Morgan fingerprint density at radius 3 is 2.85 bits per heavy atom. The van der Waals surface area contributed by atoms with Crippen LogP contribution in [-0.2, 0) is 0 Å². The molecule has 0 saturated carbocycles. The van der Waals surface area contributed by atoms with Crippen LogP contribution in [0.4, 0.5) is 5.69 Å². The molecule has 6 heteroatoms. The van der Waals surface area contributed by atoms with Crippen molar-refractivity contribution in [3.8, 4) is 5.75 Å². The lowest BCUT2D eigenvalue weighted by Crippen LogP contribution is -2.27. The molecule has 20 heavy (non-hydrogen) atoms. The highest BCUT2D eigenvalue weighted by Gasteiger charge is 2.18. The summed E-state index contributed by atoms with van der Waals surface area (Å²) in [5.41, 5.74) is 6.56. The first-order valence-corrected chi connectivity index (χ1v) is 6.18. The summed E-state index contributed by atoms with van der Waals surface area (Å²) >= 11 is 0. The molecule has 3 N–H and O–H groups in total. The molecule has 2 aromatic rings. The van der Waals surface area contributed by atoms with Crippen LogP contribution in [0.5, 0.6) is 5.75 Å². The lowest BCUT2D eigenvalue weighted by atomic mass is 10.1. The van der Waals surface area contributed by atoms with E-state index in [0.717, 1.165) is 0 Å². The standard InChI is InChI=1S/C14H17N3O3/c1-8-7-16-14(20-8)9(2)17-13(18)10-5-4-6-11(19-3)12(10)15/h4-7,9H,15H2,1-3H3,(H,17,18). The molecule has 0 aliphatic carbocycles. The van der Waals surface area contributed by atoms with Gasteiger partial charge in [-0.3, -0.25) is 4.79 Å². The van der Waals surface area contributed by atoms with Crippen molar-refractivity contribution in [3.63, 3.8) is 0 Å². The molecular formula is C14H17N3O3. The molecule has 1 atom stereocenters. The summed E-state index contributed by atoms with van der Waals surface area (Å²) in [6.45, 7) is 3.59. The molecule has 2 rings (SSSR count). The van der Waals surface area contributed by atoms with Gasteiger partial charge in [0.1, 0.15) is 17.6 Å². The number of nitrogens with two attached hydrogens (primary N) is 1. The fourth-order valence-corrected chi connectivity index (χ4v) is 1.83. The van der Waals surface area contributed by atoms with Gasteiger partial charge in [0, 0.05) is 0 Å². The number of hydrogen-bond donors (Lipinski definition) is 2. The van der Waals surface area contributed by atoms with Gasteiger partial charge in [0.05, 0.1) is 24.6 Å². The third-order valence-corrected chi connectivity index (χ3v) is 2.89. The second-order valence-electron chi connectivity index (χ2n) is 4.43. The van der Waals surface area contributed by atoms with Crippen LogP contribution in [0, 0.1) is 6.92 Å². The van der Waals surface area contributed by atoms with E-state index in [1.165, 1.54) is 7.11 Å². The number of nitrogens with zero attached hydrogens (tertiary/aromatic N) is 1. The molecule has 1 aromatic heterocycles. The molecule has 0 spiro atoms. The van der Waals surface area contributed by atoms with E-state index in [4.69, 9.17) is 14.9 Å². The van der Waals surface area contributed by atoms with E-state index in [1.807, 2.05) is 0 Å². The summed E-state index contributed by atoms with van der Waals surface area (Å²) in [7, 11) is 1.51. The number of aryl methyl sites for hydroxylation is 1. The first-order valence-electron chi connectivity index (χ1n) is 6.18. The van der Waals surface area contributed by atoms with Gasteiger partial charge in [-0.1, -0.05) is 6.07 Å². The van der Waals surface area contributed by atoms with Crippen LogP contribution < -0.4 is 15.8 Å². The number of aromatic nitrogens is 1. The SMILES string of the molecule is COc1cccc(C(=O)NC(C)c2ncc(C)o2)c1N. The Kier molecular flexibility index (Phi) is 3.93. The van der Waals surface area contributed by atoms with Crippen molar-refractivity contribution in [3.05, 3.63) is 41.6 Å². The van der Waals surface area contributed by atoms with Crippen LogP contribution >= 0.6 is 0 Å². The predicted molar refractivity (Wildman–Crippen MR) is 74.5 cm³/mol. The van der Waals surface area contributed by atoms with E-state index in [9.17, 15) is 4.79 Å². The maximum absolute atomic E-state index is 12.2. The fourth-order valence-electron chi connectivity index (χ4n) is 1.83. The molecule has 1 heterocycles. The van der Waals surface area contributed by atoms with E-state index < -0.39 is 0 Å². The highest BCUT2D eigenvalue weighted by atomic mass is 16.5. The number of rotatable bonds is 4. The number of benzene rings is 1. The summed E-state index contributed by atoms with van der Waals surface area (Å²) in [4.78, 5) is 16.3. The number of methoxy groups -OCH3 is 1. The number of hydrogen-bond acceptors (Lipinski definition) is 5. The molecule has 0 aliphatic rings. The summed E-state index contributed by atoms with van der Waals surface area (Å²) in [6.07, 6.45) is 1.61. The number of carbonyl (C=O) groups excluding carboxylic acids is 1. The van der Waals surface area contributed by atoms with E-state index in [-0.39, 0.29) is 11.9 Å². The second kappa shape index (κ2) is 5.64. The minimum atomic E-state index is -0.346. The minimum absolute atomic E-state index is 0.301. The number of ether oxygens (including phenoxy) is 1. The molecule has 1 unspecified atom stereocenters. The quantitative estimate of drug-likeness (QED) is 0.833. The van der Waals surface area contributed by atoms with Gasteiger partial charge in [0.2, 0.25) is 5.89 Å². The number of nitrogen functional groups attached to an aromatic ring is 1. The van der Waals surface area contributed by atoms with Crippen molar-refractivity contribution >= 4 is 11.6 Å². The van der Waals surface area contributed by atoms with Gasteiger partial charge >= 0.3 is 0 Å². The molecule has 0 radical (unpaired) electrons. The van der Waals surface area contributed by atoms with Gasteiger partial charge in [0.25, 0.3) is 5.91 Å². The minimum Gasteiger partial charge on any atom is -0.495 e. The molecule has 0 bridgehead atoms. The largest absolute Gasteiger partial charge is 0.495 e. The van der Waals surface area contributed by atoms with Crippen LogP contribution in [0.2, 0.25) is 0 Å². The van der Waals surface area contributed by atoms with E-state index >= 15 is 0 Å². The van der Waals surface area contributed by atoms with Crippen molar-refractivity contribution in [2.45, 2.75) is 19.9 Å². The van der Waals surface area contributed by atoms with E-state index in [2.05, 4.69) is 10.3 Å². The van der Waals surface area contributed by atoms with Crippen molar-refractivity contribution in [1.82, 2.24) is 10.3 Å². The average molecular weight is 275 g/mol. The number of oxazole rings is 1. The monoisotopic (exact) mass is 275 g/mol. The highest BCUT2D eigenvalue weighted by Crippen LogP contribution is 2.25. The molecular weight excluding hydrogens is 258 g/mol. The zero-order chi connectivity index (χ0) is 14.7. The smallest absolute Gasteiger partial charge is 0.254 e. The molecule has 1 amide bonds. The lowest BCUT2D eigenvalue weighted by molar-refractivity contribution is 0.0934. The molecule has 106 valence electrons. The van der Waals surface area contributed by atoms with Gasteiger partial charge in [-0.15, -0.1) is 0 Å². The topological polar surface area (TPSA) is 90.4 Å². The van der Waals surface area contributed by atoms with Crippen LogP contribution in [0.15, 0.2) is 28.8 Å². The number of amides is 1. The van der Waals surface area contributed by atoms with Crippen LogP contribution in [0.1, 0.15) is 35.0 Å². The van der Waals surface area contributed by atoms with Gasteiger partial charge in [0.15, 0.2) is 0 Å². The summed E-state index contributed by atoms with van der Waals surface area (Å²) < 4.78 is 10.5. The summed E-state index contributed by atoms with van der Waals surface area (Å²) in [6, 6.07) is 4.71. The summed E-state index contributed by atoms with van der Waals surface area (Å²) in [5, 5.41) is 2.79. The fraction of sp³-hybridized carbons (Fsp3) is 0.286. The van der Waals surface area contributed by atoms with Gasteiger partial charge in [-0.2, -0.15) is 0 Å². The van der Waals surface area contributed by atoms with Gasteiger partial charge < -0.3 is 20.2 Å². The van der Waals surface area contributed by atoms with E-state index in [1.54, 1.807) is 38.2 Å². The Morgan fingerprint density at radius 1 is 1.50 bits per heavy atom. The second-order valence-corrected chi connectivity index (χ2v) is 4.43. The molecule has 0 aliphatic heterocycles. The normalized spacial score (nSPS) is 11.9. The lowest BCUT2D eigenvalue weighted by Gasteiger charge is -2.13. The third kappa shape index (κ3) is 2.74. The number of anilines is 1. The highest BCUT2D eigenvalue weighted by molar-refractivity contribution is 6.00. The average Bonchev–Trinajstić information content (AvgIpc) is 2.85. The molecule has 1 aromatic carbocycles. The first kappa shape index (κ1) is 13.9. The Bertz CT molecular complexity index is 622. The molecule has 0 saturated heterocycles. The maximum atomic E-state index is 12.2. The van der Waals surface area contributed by atoms with Gasteiger partial charge in [-0.25, -0.2) is 4.98 Å². The number of nitrogens with one attached hydrogen (secondary N) is 1. The third-order valence-electron chi connectivity index (χ3n) is 2.89. The predicted octanol–water partition coefficient (Wildman–Crippen LogP) is 2.06. The maximum Gasteiger partial charge on any atom is 0.254 e. The van der Waals surface area contributed by atoms with Crippen molar-refractivity contribution in [1.29, 1.82) is 0 Å². The van der Waals surface area contributed by atoms with Crippen LogP contribution in [-0.4, -0.2) is 18.0 Å². The van der Waals surface area contributed by atoms with Crippen molar-refractivity contribution in [2.24, 2.45) is 0 Å². The first-order chi connectivity index (χ1) is 9.52. The zero-order valence-electron chi connectivity index (χ0n) is 11.6. The Labute approximate surface area is 116 Å². The molecule has 6 nitrogen and oxygen atoms in total. The van der Waals surface area contributed by atoms with E-state index in [0.29, 0.717) is 28.7 Å².